The van der Waals surface area contributed by atoms with Crippen molar-refractivity contribution >= 4 is 17.6 Å². The number of halogens is 1. The molecule has 1 aromatic rings. The van der Waals surface area contributed by atoms with Gasteiger partial charge in [0.05, 0.1) is 18.3 Å². The van der Waals surface area contributed by atoms with Crippen LogP contribution in [0.5, 0.6) is 0 Å². The van der Waals surface area contributed by atoms with Gasteiger partial charge in [-0.1, -0.05) is 43.0 Å². The van der Waals surface area contributed by atoms with Crippen LogP contribution < -0.4 is 0 Å². The molecule has 0 radical (unpaired) electrons. The number of aliphatic hydroxyl groups excluding tert-OH is 3. The van der Waals surface area contributed by atoms with Crippen molar-refractivity contribution in [3.8, 4) is 0 Å². The van der Waals surface area contributed by atoms with Crippen molar-refractivity contribution in [3.63, 3.8) is 0 Å². The number of hydrogen-bond donors (Lipinski definition) is 4. The molecule has 2 rings (SSSR count). The van der Waals surface area contributed by atoms with Crippen LogP contribution in [0.15, 0.2) is 24.3 Å². The fraction of sp³-hybridized carbons (Fsp3) is 0.667. The first-order chi connectivity index (χ1) is 12.9. The van der Waals surface area contributed by atoms with Crippen molar-refractivity contribution in [3.05, 3.63) is 34.9 Å². The van der Waals surface area contributed by atoms with Gasteiger partial charge in [-0.05, 0) is 61.6 Å². The third-order valence-corrected chi connectivity index (χ3v) is 5.98. The zero-order valence-corrected chi connectivity index (χ0v) is 16.4. The monoisotopic (exact) mass is 398 g/mol. The fourth-order valence-corrected chi connectivity index (χ4v) is 4.32. The van der Waals surface area contributed by atoms with Crippen LogP contribution in [0.3, 0.4) is 0 Å². The van der Waals surface area contributed by atoms with Crippen molar-refractivity contribution in [1.82, 2.24) is 0 Å². The molecule has 0 saturated heterocycles. The number of aliphatic carboxylic acids is 1. The number of aliphatic hydroxyl groups is 3. The fourth-order valence-electron chi connectivity index (χ4n) is 4.19. The number of rotatable bonds is 11. The van der Waals surface area contributed by atoms with Gasteiger partial charge in [0.15, 0.2) is 0 Å². The van der Waals surface area contributed by atoms with E-state index in [0.717, 1.165) is 31.2 Å². The Balaban J connectivity index is 1.78. The second-order valence-electron chi connectivity index (χ2n) is 7.69. The molecule has 1 aliphatic rings. The summed E-state index contributed by atoms with van der Waals surface area (Å²) < 4.78 is 0. The molecule has 0 aromatic heterocycles. The molecule has 0 heterocycles. The van der Waals surface area contributed by atoms with Gasteiger partial charge in [0.2, 0.25) is 0 Å². The van der Waals surface area contributed by atoms with Crippen molar-refractivity contribution in [1.29, 1.82) is 0 Å². The average Bonchev–Trinajstić information content (AvgIpc) is 2.89. The first-order valence-corrected chi connectivity index (χ1v) is 10.3. The number of carbonyl (C=O) groups is 1. The topological polar surface area (TPSA) is 98.0 Å². The first kappa shape index (κ1) is 22.2. The molecule has 6 heteroatoms. The molecule has 5 nitrogen and oxygen atoms in total. The minimum atomic E-state index is -0.761. The molecule has 0 spiro atoms. The highest BCUT2D eigenvalue weighted by molar-refractivity contribution is 6.30. The van der Waals surface area contributed by atoms with Gasteiger partial charge in [-0.25, -0.2) is 0 Å². The Morgan fingerprint density at radius 2 is 1.59 bits per heavy atom. The van der Waals surface area contributed by atoms with E-state index in [1.807, 2.05) is 12.1 Å². The highest BCUT2D eigenvalue weighted by atomic mass is 35.5. The van der Waals surface area contributed by atoms with E-state index >= 15 is 0 Å². The summed E-state index contributed by atoms with van der Waals surface area (Å²) in [5.74, 6) is -0.735. The lowest BCUT2D eigenvalue weighted by molar-refractivity contribution is -0.137. The molecule has 0 amide bonds. The predicted octanol–water partition coefficient (Wildman–Crippen LogP) is 3.94. The van der Waals surface area contributed by atoms with Crippen LogP contribution in [-0.4, -0.2) is 38.6 Å². The summed E-state index contributed by atoms with van der Waals surface area (Å²) in [4.78, 5) is 10.5. The Morgan fingerprint density at radius 1 is 1.00 bits per heavy atom. The molecule has 5 atom stereocenters. The summed E-state index contributed by atoms with van der Waals surface area (Å²) >= 11 is 5.88. The summed E-state index contributed by atoms with van der Waals surface area (Å²) in [5, 5.41) is 40.3. The third-order valence-electron chi connectivity index (χ3n) is 5.73. The van der Waals surface area contributed by atoms with E-state index in [9.17, 15) is 20.1 Å². The zero-order chi connectivity index (χ0) is 19.8. The Kier molecular flexibility index (Phi) is 9.03. The van der Waals surface area contributed by atoms with Gasteiger partial charge in [0.1, 0.15) is 0 Å². The molecule has 4 N–H and O–H groups in total. The van der Waals surface area contributed by atoms with Crippen LogP contribution >= 0.6 is 11.6 Å². The summed E-state index contributed by atoms with van der Waals surface area (Å²) in [5.41, 5.74) is 0.808. The lowest BCUT2D eigenvalue weighted by Crippen LogP contribution is -2.23. The second-order valence-corrected chi connectivity index (χ2v) is 8.13. The van der Waals surface area contributed by atoms with E-state index in [1.165, 1.54) is 0 Å². The summed E-state index contributed by atoms with van der Waals surface area (Å²) in [6.07, 6.45) is 4.39. The van der Waals surface area contributed by atoms with E-state index in [-0.39, 0.29) is 18.3 Å². The molecular formula is C21H31ClO5. The Bertz CT molecular complexity index is 576. The normalized spacial score (nSPS) is 26.2. The maximum absolute atomic E-state index is 10.5. The Hall–Kier alpha value is -1.14. The van der Waals surface area contributed by atoms with Crippen molar-refractivity contribution in [2.45, 2.75) is 76.1 Å². The molecular weight excluding hydrogens is 368 g/mol. The molecule has 152 valence electrons. The average molecular weight is 399 g/mol. The molecule has 1 fully saturated rings. The van der Waals surface area contributed by atoms with Gasteiger partial charge >= 0.3 is 5.97 Å². The lowest BCUT2D eigenvalue weighted by Gasteiger charge is -2.24. The lowest BCUT2D eigenvalue weighted by atomic mass is 9.84. The van der Waals surface area contributed by atoms with Gasteiger partial charge in [-0.2, -0.15) is 0 Å². The van der Waals surface area contributed by atoms with Crippen LogP contribution in [0.25, 0.3) is 0 Å². The van der Waals surface area contributed by atoms with Gasteiger partial charge in [0.25, 0.3) is 0 Å². The molecule has 0 aliphatic heterocycles. The van der Waals surface area contributed by atoms with Crippen LogP contribution in [0, 0.1) is 11.8 Å². The highest BCUT2D eigenvalue weighted by Gasteiger charge is 2.40. The van der Waals surface area contributed by atoms with Crippen LogP contribution in [-0.2, 0) is 4.79 Å². The van der Waals surface area contributed by atoms with E-state index in [4.69, 9.17) is 16.7 Å². The van der Waals surface area contributed by atoms with Crippen molar-refractivity contribution in [2.75, 3.05) is 0 Å². The number of benzene rings is 1. The second kappa shape index (κ2) is 11.0. The quantitative estimate of drug-likeness (QED) is 0.423. The van der Waals surface area contributed by atoms with Crippen molar-refractivity contribution < 1.29 is 25.2 Å². The number of carboxylic acid groups (broad SMARTS) is 1. The minimum absolute atomic E-state index is 0.0130. The summed E-state index contributed by atoms with van der Waals surface area (Å²) in [7, 11) is 0. The van der Waals surface area contributed by atoms with Crippen LogP contribution in [0.2, 0.25) is 5.02 Å². The predicted molar refractivity (Wildman–Crippen MR) is 105 cm³/mol. The molecule has 1 aliphatic carbocycles. The van der Waals surface area contributed by atoms with E-state index in [1.54, 1.807) is 12.1 Å². The third kappa shape index (κ3) is 7.07. The Labute approximate surface area is 166 Å². The van der Waals surface area contributed by atoms with E-state index < -0.39 is 24.3 Å². The largest absolute Gasteiger partial charge is 0.481 e. The SMILES string of the molecule is O=C(O)CCCCCCC1C(CCC(O)c2ccc(Cl)cc2)[C@H](O)C[C@@H]1O. The maximum Gasteiger partial charge on any atom is 0.303 e. The summed E-state index contributed by atoms with van der Waals surface area (Å²) in [6.45, 7) is 0. The standard InChI is InChI=1S/C21H31ClO5/c22-15-9-7-14(8-10-15)18(23)12-11-17-16(19(24)13-20(17)25)5-3-1-2-4-6-21(26)27/h7-10,16-20,23-25H,1-6,11-13H2,(H,26,27)/t16?,17?,18?,19-,20+/m0/s1. The minimum Gasteiger partial charge on any atom is -0.481 e. The van der Waals surface area contributed by atoms with Crippen LogP contribution in [0.1, 0.15) is 69.5 Å². The number of unbranched alkanes of at least 4 members (excludes halogenated alkanes) is 3. The molecule has 27 heavy (non-hydrogen) atoms. The maximum atomic E-state index is 10.5. The van der Waals surface area contributed by atoms with E-state index in [2.05, 4.69) is 0 Å². The molecule has 1 saturated carbocycles. The van der Waals surface area contributed by atoms with E-state index in [0.29, 0.717) is 30.7 Å². The highest BCUT2D eigenvalue weighted by Crippen LogP contribution is 2.40. The Morgan fingerprint density at radius 3 is 2.22 bits per heavy atom. The van der Waals surface area contributed by atoms with Gasteiger partial charge in [-0.3, -0.25) is 4.79 Å². The smallest absolute Gasteiger partial charge is 0.303 e. The number of hydrogen-bond acceptors (Lipinski definition) is 4. The van der Waals surface area contributed by atoms with Gasteiger partial charge in [0, 0.05) is 11.4 Å². The molecule has 1 aromatic carbocycles. The molecule has 3 unspecified atom stereocenters. The van der Waals surface area contributed by atoms with Gasteiger partial charge in [-0.15, -0.1) is 0 Å². The number of carboxylic acids is 1. The zero-order valence-electron chi connectivity index (χ0n) is 15.6. The van der Waals surface area contributed by atoms with Gasteiger partial charge < -0.3 is 20.4 Å². The van der Waals surface area contributed by atoms with Crippen LogP contribution in [0.4, 0.5) is 0 Å². The van der Waals surface area contributed by atoms with Crippen molar-refractivity contribution in [2.24, 2.45) is 11.8 Å². The molecule has 0 bridgehead atoms. The first-order valence-electron chi connectivity index (χ1n) is 9.90. The summed E-state index contributed by atoms with van der Waals surface area (Å²) in [6, 6.07) is 7.12.